The van der Waals surface area contributed by atoms with E-state index in [4.69, 9.17) is 4.84 Å². The lowest BCUT2D eigenvalue weighted by atomic mass is 10.2. The molecular weight excluding hydrogens is 154 g/mol. The van der Waals surface area contributed by atoms with Gasteiger partial charge in [0.2, 0.25) is 5.88 Å². The molecule has 1 heterocycles. The zero-order valence-electron chi connectivity index (χ0n) is 7.55. The maximum absolute atomic E-state index is 4.83. The summed E-state index contributed by atoms with van der Waals surface area (Å²) in [7, 11) is 0. The van der Waals surface area contributed by atoms with E-state index in [1.54, 1.807) is 0 Å². The monoisotopic (exact) mass is 169 g/mol. The summed E-state index contributed by atoms with van der Waals surface area (Å²) < 4.78 is 0. The minimum atomic E-state index is 0.427. The quantitative estimate of drug-likeness (QED) is 0.649. The van der Waals surface area contributed by atoms with Crippen LogP contribution in [0.4, 0.5) is 0 Å². The van der Waals surface area contributed by atoms with Crippen LogP contribution in [0.15, 0.2) is 17.5 Å². The van der Waals surface area contributed by atoms with Gasteiger partial charge in [-0.3, -0.25) is 0 Å². The predicted octanol–water partition coefficient (Wildman–Crippen LogP) is 0.636. The van der Waals surface area contributed by atoms with E-state index in [9.17, 15) is 0 Å². The minimum absolute atomic E-state index is 0.427. The number of hydroxylamine groups is 1. The molecule has 0 aliphatic carbocycles. The molecule has 0 amide bonds. The molecule has 0 bridgehead atoms. The van der Waals surface area contributed by atoms with Gasteiger partial charge in [-0.15, -0.1) is 0 Å². The number of hydrogen-bond donors (Lipinski definition) is 2. The van der Waals surface area contributed by atoms with Gasteiger partial charge in [-0.05, 0) is 19.0 Å². The molecule has 0 aromatic rings. The van der Waals surface area contributed by atoms with Crippen molar-refractivity contribution >= 4 is 5.84 Å². The van der Waals surface area contributed by atoms with E-state index in [-0.39, 0.29) is 0 Å². The fourth-order valence-corrected chi connectivity index (χ4v) is 0.869. The molecule has 0 saturated carbocycles. The number of amidine groups is 1. The maximum Gasteiger partial charge on any atom is 0.240 e. The summed E-state index contributed by atoms with van der Waals surface area (Å²) in [5.41, 5.74) is 2.67. The van der Waals surface area contributed by atoms with Gasteiger partial charge in [0.05, 0.1) is 6.54 Å². The summed E-state index contributed by atoms with van der Waals surface area (Å²) in [5, 5.41) is 3.23. The highest BCUT2D eigenvalue weighted by molar-refractivity contribution is 5.85. The number of rotatable bonds is 4. The molecule has 0 fully saturated rings. The first kappa shape index (κ1) is 9.06. The van der Waals surface area contributed by atoms with E-state index in [2.05, 4.69) is 36.2 Å². The van der Waals surface area contributed by atoms with Crippen LogP contribution in [-0.4, -0.2) is 18.9 Å². The molecule has 1 aliphatic rings. The van der Waals surface area contributed by atoms with Crippen LogP contribution in [0.5, 0.6) is 0 Å². The molecule has 0 atom stereocenters. The van der Waals surface area contributed by atoms with E-state index < -0.39 is 0 Å². The van der Waals surface area contributed by atoms with Crippen molar-refractivity contribution < 1.29 is 4.84 Å². The molecule has 1 rings (SSSR count). The first-order chi connectivity index (χ1) is 5.68. The SMILES string of the molecule is C=C1N=C(CNCC(C)C)NO1. The van der Waals surface area contributed by atoms with Crippen molar-refractivity contribution in [2.75, 3.05) is 13.1 Å². The topological polar surface area (TPSA) is 45.7 Å². The van der Waals surface area contributed by atoms with Gasteiger partial charge in [-0.25, -0.2) is 5.48 Å². The van der Waals surface area contributed by atoms with Crippen molar-refractivity contribution in [2.45, 2.75) is 13.8 Å². The summed E-state index contributed by atoms with van der Waals surface area (Å²) in [5.74, 6) is 1.87. The zero-order chi connectivity index (χ0) is 8.97. The van der Waals surface area contributed by atoms with Crippen LogP contribution in [0.25, 0.3) is 0 Å². The summed E-state index contributed by atoms with van der Waals surface area (Å²) >= 11 is 0. The fraction of sp³-hybridized carbons (Fsp3) is 0.625. The van der Waals surface area contributed by atoms with Gasteiger partial charge in [0.25, 0.3) is 0 Å². The van der Waals surface area contributed by atoms with Crippen molar-refractivity contribution in [1.82, 2.24) is 10.8 Å². The van der Waals surface area contributed by atoms with Crippen molar-refractivity contribution in [3.8, 4) is 0 Å². The molecule has 2 N–H and O–H groups in total. The molecule has 0 spiro atoms. The zero-order valence-corrected chi connectivity index (χ0v) is 7.55. The van der Waals surface area contributed by atoms with Crippen LogP contribution < -0.4 is 10.8 Å². The summed E-state index contributed by atoms with van der Waals surface area (Å²) in [6.45, 7) is 9.55. The van der Waals surface area contributed by atoms with Crippen molar-refractivity contribution in [1.29, 1.82) is 0 Å². The van der Waals surface area contributed by atoms with Gasteiger partial charge in [0, 0.05) is 0 Å². The Hall–Kier alpha value is -1.03. The van der Waals surface area contributed by atoms with Crippen LogP contribution in [-0.2, 0) is 4.84 Å². The van der Waals surface area contributed by atoms with Gasteiger partial charge in [0.15, 0.2) is 5.84 Å². The second kappa shape index (κ2) is 4.11. The Kier molecular flexibility index (Phi) is 3.10. The molecule has 0 saturated heterocycles. The van der Waals surface area contributed by atoms with Crippen LogP contribution in [0, 0.1) is 5.92 Å². The molecule has 4 nitrogen and oxygen atoms in total. The van der Waals surface area contributed by atoms with E-state index in [0.29, 0.717) is 18.3 Å². The molecule has 0 radical (unpaired) electrons. The number of nitrogens with zero attached hydrogens (tertiary/aromatic N) is 1. The molecule has 0 aromatic heterocycles. The highest BCUT2D eigenvalue weighted by Gasteiger charge is 2.08. The van der Waals surface area contributed by atoms with E-state index in [1.807, 2.05) is 0 Å². The molecule has 12 heavy (non-hydrogen) atoms. The maximum atomic E-state index is 4.83. The Morgan fingerprint density at radius 2 is 2.42 bits per heavy atom. The van der Waals surface area contributed by atoms with Crippen LogP contribution >= 0.6 is 0 Å². The highest BCUT2D eigenvalue weighted by Crippen LogP contribution is 1.99. The van der Waals surface area contributed by atoms with E-state index in [0.717, 1.165) is 12.4 Å². The standard InChI is InChI=1S/C8H15N3O/c1-6(2)4-9-5-8-10-7(3)12-11-8/h6,9H,3-5H2,1-2H3,(H,10,11). The van der Waals surface area contributed by atoms with Gasteiger partial charge < -0.3 is 10.2 Å². The first-order valence-electron chi connectivity index (χ1n) is 4.08. The second-order valence-corrected chi connectivity index (χ2v) is 3.18. The number of aliphatic imine (C=N–C) groups is 1. The molecule has 0 aromatic carbocycles. The smallest absolute Gasteiger partial charge is 0.240 e. The Morgan fingerprint density at radius 1 is 1.67 bits per heavy atom. The first-order valence-corrected chi connectivity index (χ1v) is 4.08. The lowest BCUT2D eigenvalue weighted by Crippen LogP contribution is -2.32. The largest absolute Gasteiger partial charge is 0.361 e. The lowest BCUT2D eigenvalue weighted by Gasteiger charge is -2.05. The third-order valence-corrected chi connectivity index (χ3v) is 1.39. The third-order valence-electron chi connectivity index (χ3n) is 1.39. The Balaban J connectivity index is 2.16. The van der Waals surface area contributed by atoms with Gasteiger partial charge in [-0.2, -0.15) is 4.99 Å². The van der Waals surface area contributed by atoms with Gasteiger partial charge in [-0.1, -0.05) is 13.8 Å². The van der Waals surface area contributed by atoms with Gasteiger partial charge >= 0.3 is 0 Å². The lowest BCUT2D eigenvalue weighted by molar-refractivity contribution is 0.178. The number of hydrogen-bond acceptors (Lipinski definition) is 4. The molecule has 1 aliphatic heterocycles. The Morgan fingerprint density at radius 3 is 2.92 bits per heavy atom. The highest BCUT2D eigenvalue weighted by atomic mass is 16.7. The Labute approximate surface area is 72.7 Å². The van der Waals surface area contributed by atoms with E-state index >= 15 is 0 Å². The van der Waals surface area contributed by atoms with Crippen LogP contribution in [0.3, 0.4) is 0 Å². The molecular formula is C8H15N3O. The van der Waals surface area contributed by atoms with Crippen molar-refractivity contribution in [3.05, 3.63) is 12.5 Å². The van der Waals surface area contributed by atoms with Crippen LogP contribution in [0.1, 0.15) is 13.8 Å². The average molecular weight is 169 g/mol. The molecule has 0 unspecified atom stereocenters. The third kappa shape index (κ3) is 2.92. The molecule has 68 valence electrons. The Bertz CT molecular complexity index is 198. The van der Waals surface area contributed by atoms with Crippen LogP contribution in [0.2, 0.25) is 0 Å². The van der Waals surface area contributed by atoms with E-state index in [1.165, 1.54) is 0 Å². The second-order valence-electron chi connectivity index (χ2n) is 3.18. The minimum Gasteiger partial charge on any atom is -0.361 e. The van der Waals surface area contributed by atoms with Crippen molar-refractivity contribution in [2.24, 2.45) is 10.9 Å². The summed E-state index contributed by atoms with van der Waals surface area (Å²) in [6.07, 6.45) is 0. The normalized spacial score (nSPS) is 15.9. The molecule has 4 heteroatoms. The summed E-state index contributed by atoms with van der Waals surface area (Å²) in [6, 6.07) is 0. The number of nitrogens with one attached hydrogen (secondary N) is 2. The van der Waals surface area contributed by atoms with Gasteiger partial charge in [0.1, 0.15) is 0 Å². The summed E-state index contributed by atoms with van der Waals surface area (Å²) in [4.78, 5) is 8.85. The fourth-order valence-electron chi connectivity index (χ4n) is 0.869. The predicted molar refractivity (Wildman–Crippen MR) is 48.5 cm³/mol. The van der Waals surface area contributed by atoms with Crippen molar-refractivity contribution in [3.63, 3.8) is 0 Å². The average Bonchev–Trinajstić information content (AvgIpc) is 2.35.